The summed E-state index contributed by atoms with van der Waals surface area (Å²) in [6.07, 6.45) is 1.91. The minimum absolute atomic E-state index is 0.0141. The predicted molar refractivity (Wildman–Crippen MR) is 75.2 cm³/mol. The lowest BCUT2D eigenvalue weighted by Crippen LogP contribution is -2.41. The molecule has 19 heavy (non-hydrogen) atoms. The van der Waals surface area contributed by atoms with E-state index in [2.05, 4.69) is 20.7 Å². The van der Waals surface area contributed by atoms with E-state index in [1.807, 2.05) is 13.2 Å². The van der Waals surface area contributed by atoms with Crippen LogP contribution in [0, 0.1) is 0 Å². The second kappa shape index (κ2) is 6.03. The van der Waals surface area contributed by atoms with Crippen LogP contribution < -0.4 is 5.32 Å². The molecule has 0 aliphatic heterocycles. The van der Waals surface area contributed by atoms with Crippen LogP contribution in [0.25, 0.3) is 11.0 Å². The van der Waals surface area contributed by atoms with E-state index >= 15 is 0 Å². The fraction of sp³-hybridized carbons (Fsp3) is 0.417. The maximum atomic E-state index is 12.1. The maximum absolute atomic E-state index is 12.1. The Balaban J connectivity index is 2.10. The van der Waals surface area contributed by atoms with Gasteiger partial charge in [0.2, 0.25) is 0 Å². The Morgan fingerprint density at radius 3 is 2.89 bits per heavy atom. The average Bonchev–Trinajstić information content (AvgIpc) is 2.87. The van der Waals surface area contributed by atoms with Crippen LogP contribution >= 0.6 is 11.8 Å². The van der Waals surface area contributed by atoms with Gasteiger partial charge in [-0.3, -0.25) is 4.79 Å². The number of thioether (sulfide) groups is 1. The van der Waals surface area contributed by atoms with Crippen LogP contribution in [0.15, 0.2) is 18.2 Å². The first kappa shape index (κ1) is 13.8. The number of aliphatic hydroxyl groups is 1. The molecule has 0 fully saturated rings. The molecule has 0 aliphatic carbocycles. The van der Waals surface area contributed by atoms with Crippen molar-refractivity contribution >= 4 is 28.7 Å². The Morgan fingerprint density at radius 2 is 2.21 bits per heavy atom. The van der Waals surface area contributed by atoms with E-state index < -0.39 is 0 Å². The molecule has 6 nitrogen and oxygen atoms in total. The van der Waals surface area contributed by atoms with Crippen LogP contribution in [-0.4, -0.2) is 50.6 Å². The van der Waals surface area contributed by atoms with Crippen molar-refractivity contribution in [2.45, 2.75) is 18.2 Å². The molecule has 2 rings (SSSR count). The second-order valence-corrected chi connectivity index (χ2v) is 5.32. The third kappa shape index (κ3) is 3.05. The highest BCUT2D eigenvalue weighted by Gasteiger charge is 2.18. The van der Waals surface area contributed by atoms with Gasteiger partial charge in [-0.25, -0.2) is 0 Å². The van der Waals surface area contributed by atoms with Gasteiger partial charge < -0.3 is 10.4 Å². The maximum Gasteiger partial charge on any atom is 0.251 e. The van der Waals surface area contributed by atoms with E-state index in [1.54, 1.807) is 18.2 Å². The van der Waals surface area contributed by atoms with Crippen molar-refractivity contribution in [1.82, 2.24) is 20.7 Å². The van der Waals surface area contributed by atoms with Crippen LogP contribution in [0.1, 0.15) is 17.3 Å². The summed E-state index contributed by atoms with van der Waals surface area (Å²) in [7, 11) is 0. The summed E-state index contributed by atoms with van der Waals surface area (Å²) >= 11 is 1.53. The molecule has 2 atom stereocenters. The summed E-state index contributed by atoms with van der Waals surface area (Å²) in [4.78, 5) is 12.1. The fourth-order valence-corrected chi connectivity index (χ4v) is 2.43. The van der Waals surface area contributed by atoms with Gasteiger partial charge in [-0.15, -0.1) is 0 Å². The van der Waals surface area contributed by atoms with Gasteiger partial charge in [0.1, 0.15) is 11.0 Å². The number of aromatic amines is 1. The van der Waals surface area contributed by atoms with E-state index in [0.29, 0.717) is 11.1 Å². The number of aromatic nitrogens is 3. The molecule has 0 bridgehead atoms. The zero-order valence-corrected chi connectivity index (χ0v) is 11.6. The van der Waals surface area contributed by atoms with E-state index in [0.717, 1.165) is 5.52 Å². The number of benzene rings is 1. The Kier molecular flexibility index (Phi) is 4.39. The van der Waals surface area contributed by atoms with Gasteiger partial charge in [-0.05, 0) is 31.4 Å². The average molecular weight is 280 g/mol. The molecular formula is C12H16N4O2S. The number of fused-ring (bicyclic) bond motifs is 1. The molecule has 0 saturated heterocycles. The molecule has 1 heterocycles. The first-order chi connectivity index (χ1) is 9.15. The van der Waals surface area contributed by atoms with E-state index in [9.17, 15) is 9.90 Å². The molecule has 0 spiro atoms. The monoisotopic (exact) mass is 280 g/mol. The minimum atomic E-state index is -0.176. The summed E-state index contributed by atoms with van der Waals surface area (Å²) in [5.74, 6) is -0.176. The number of hydrogen-bond donors (Lipinski definition) is 3. The molecule has 2 unspecified atom stereocenters. The first-order valence-electron chi connectivity index (χ1n) is 5.90. The van der Waals surface area contributed by atoms with Gasteiger partial charge in [-0.2, -0.15) is 27.2 Å². The fourth-order valence-electron chi connectivity index (χ4n) is 1.80. The second-order valence-electron chi connectivity index (χ2n) is 4.25. The lowest BCUT2D eigenvalue weighted by molar-refractivity contribution is 0.0936. The van der Waals surface area contributed by atoms with Gasteiger partial charge in [0.25, 0.3) is 5.91 Å². The summed E-state index contributed by atoms with van der Waals surface area (Å²) < 4.78 is 0. The predicted octanol–water partition coefficient (Wildman–Crippen LogP) is 0.800. The van der Waals surface area contributed by atoms with Crippen molar-refractivity contribution < 1.29 is 9.90 Å². The first-order valence-corrected chi connectivity index (χ1v) is 7.19. The molecule has 7 heteroatoms. The van der Waals surface area contributed by atoms with Gasteiger partial charge >= 0.3 is 0 Å². The highest BCUT2D eigenvalue weighted by atomic mass is 32.2. The topological polar surface area (TPSA) is 90.9 Å². The third-order valence-electron chi connectivity index (χ3n) is 2.98. The zero-order chi connectivity index (χ0) is 13.8. The zero-order valence-electron chi connectivity index (χ0n) is 10.8. The highest BCUT2D eigenvalue weighted by molar-refractivity contribution is 7.99. The number of carbonyl (C=O) groups excluding carboxylic acids is 1. The standard InChI is InChI=1S/C12H16N4O2S/c1-7(11(6-17)19-2)13-12(18)8-3-4-9-10(5-8)15-16-14-9/h3-5,7,11,17H,6H2,1-2H3,(H,13,18)(H,14,15,16). The number of nitrogens with one attached hydrogen (secondary N) is 2. The van der Waals surface area contributed by atoms with Gasteiger partial charge in [0.05, 0.1) is 6.61 Å². The van der Waals surface area contributed by atoms with Crippen molar-refractivity contribution in [3.8, 4) is 0 Å². The van der Waals surface area contributed by atoms with Crippen LogP contribution in [0.4, 0.5) is 0 Å². The number of rotatable bonds is 5. The van der Waals surface area contributed by atoms with E-state index in [4.69, 9.17) is 0 Å². The number of hydrogen-bond acceptors (Lipinski definition) is 5. The molecule has 0 radical (unpaired) electrons. The third-order valence-corrected chi connectivity index (χ3v) is 4.14. The molecule has 0 saturated carbocycles. The molecule has 1 aromatic heterocycles. The molecule has 102 valence electrons. The number of H-pyrrole nitrogens is 1. The van der Waals surface area contributed by atoms with Crippen LogP contribution in [0.3, 0.4) is 0 Å². The Hall–Kier alpha value is -1.60. The van der Waals surface area contributed by atoms with Crippen LogP contribution in [-0.2, 0) is 0 Å². The van der Waals surface area contributed by atoms with Crippen molar-refractivity contribution in [3.05, 3.63) is 23.8 Å². The SMILES string of the molecule is CSC(CO)C(C)NC(=O)c1ccc2n[nH]nc2c1. The van der Waals surface area contributed by atoms with Crippen LogP contribution in [0.5, 0.6) is 0 Å². The summed E-state index contributed by atoms with van der Waals surface area (Å²) in [6.45, 7) is 1.91. The number of amides is 1. The summed E-state index contributed by atoms with van der Waals surface area (Å²) in [5.41, 5.74) is 1.91. The Bertz CT molecular complexity index is 568. The Labute approximate surface area is 115 Å². The highest BCUT2D eigenvalue weighted by Crippen LogP contribution is 2.13. The lowest BCUT2D eigenvalue weighted by Gasteiger charge is -2.21. The molecule has 1 amide bonds. The van der Waals surface area contributed by atoms with Crippen molar-refractivity contribution in [2.75, 3.05) is 12.9 Å². The van der Waals surface area contributed by atoms with Gasteiger partial charge in [0, 0.05) is 16.9 Å². The smallest absolute Gasteiger partial charge is 0.251 e. The summed E-state index contributed by atoms with van der Waals surface area (Å²) in [5, 5.41) is 22.5. The molecule has 0 aliphatic rings. The number of carbonyl (C=O) groups is 1. The number of nitrogens with zero attached hydrogens (tertiary/aromatic N) is 2. The molecule has 3 N–H and O–H groups in total. The number of aliphatic hydroxyl groups excluding tert-OH is 1. The van der Waals surface area contributed by atoms with E-state index in [-0.39, 0.29) is 23.8 Å². The van der Waals surface area contributed by atoms with Crippen molar-refractivity contribution in [1.29, 1.82) is 0 Å². The van der Waals surface area contributed by atoms with Gasteiger partial charge in [0.15, 0.2) is 0 Å². The Morgan fingerprint density at radius 1 is 1.47 bits per heavy atom. The van der Waals surface area contributed by atoms with Crippen LogP contribution in [0.2, 0.25) is 0 Å². The van der Waals surface area contributed by atoms with Crippen molar-refractivity contribution in [2.24, 2.45) is 0 Å². The minimum Gasteiger partial charge on any atom is -0.395 e. The molecule has 1 aromatic carbocycles. The van der Waals surface area contributed by atoms with Crippen molar-refractivity contribution in [3.63, 3.8) is 0 Å². The van der Waals surface area contributed by atoms with Gasteiger partial charge in [-0.1, -0.05) is 0 Å². The largest absolute Gasteiger partial charge is 0.395 e. The molecular weight excluding hydrogens is 264 g/mol. The molecule has 2 aromatic rings. The summed E-state index contributed by atoms with van der Waals surface area (Å²) in [6, 6.07) is 5.03. The lowest BCUT2D eigenvalue weighted by atomic mass is 10.1. The quantitative estimate of drug-likeness (QED) is 0.753. The van der Waals surface area contributed by atoms with E-state index in [1.165, 1.54) is 11.8 Å². The normalized spacial score (nSPS) is 14.3.